The predicted molar refractivity (Wildman–Crippen MR) is 68.8 cm³/mol. The van der Waals surface area contributed by atoms with Gasteiger partial charge in [0.25, 0.3) is 0 Å². The molecule has 1 atom stereocenters. The molecule has 2 aromatic rings. The lowest BCUT2D eigenvalue weighted by Crippen LogP contribution is -2.08. The van der Waals surface area contributed by atoms with E-state index in [0.717, 1.165) is 33.3 Å². The van der Waals surface area contributed by atoms with Gasteiger partial charge < -0.3 is 5.11 Å². The summed E-state index contributed by atoms with van der Waals surface area (Å²) in [4.78, 5) is 21.0. The summed E-state index contributed by atoms with van der Waals surface area (Å²) in [6.07, 6.45) is 3.24. The number of fused-ring (bicyclic) bond motifs is 1. The summed E-state index contributed by atoms with van der Waals surface area (Å²) < 4.78 is 0. The molecule has 0 bridgehead atoms. The highest BCUT2D eigenvalue weighted by Gasteiger charge is 2.32. The first-order valence-electron chi connectivity index (χ1n) is 5.80. The molecule has 1 N–H and O–H groups in total. The van der Waals surface area contributed by atoms with Gasteiger partial charge in [0, 0.05) is 11.1 Å². The molecule has 0 aromatic carbocycles. The number of aryl methyl sites for hydroxylation is 2. The molecule has 4 nitrogen and oxygen atoms in total. The summed E-state index contributed by atoms with van der Waals surface area (Å²) in [5, 5.41) is 9.96. The minimum absolute atomic E-state index is 0.435. The number of nitrogens with zero attached hydrogens (tertiary/aromatic N) is 2. The van der Waals surface area contributed by atoms with Crippen molar-refractivity contribution in [2.24, 2.45) is 0 Å². The molecule has 92 valence electrons. The Morgan fingerprint density at radius 3 is 3.11 bits per heavy atom. The van der Waals surface area contributed by atoms with E-state index in [2.05, 4.69) is 9.97 Å². The number of pyridine rings is 1. The molecule has 0 amide bonds. The zero-order valence-corrected chi connectivity index (χ0v) is 10.7. The Hall–Kier alpha value is -1.75. The number of thiazole rings is 1. The largest absolute Gasteiger partial charge is 0.481 e. The van der Waals surface area contributed by atoms with Crippen LogP contribution in [-0.4, -0.2) is 21.0 Å². The quantitative estimate of drug-likeness (QED) is 0.901. The summed E-state index contributed by atoms with van der Waals surface area (Å²) in [5.41, 5.74) is 2.70. The number of carboxylic acid groups (broad SMARTS) is 1. The van der Waals surface area contributed by atoms with Crippen LogP contribution in [0.5, 0.6) is 0 Å². The highest BCUT2D eigenvalue weighted by molar-refractivity contribution is 7.15. The van der Waals surface area contributed by atoms with E-state index in [9.17, 15) is 4.79 Å². The Morgan fingerprint density at radius 2 is 2.39 bits per heavy atom. The fourth-order valence-electron chi connectivity index (χ4n) is 2.23. The fourth-order valence-corrected chi connectivity index (χ4v) is 3.34. The molecule has 1 aliphatic rings. The zero-order chi connectivity index (χ0) is 12.7. The highest BCUT2D eigenvalue weighted by atomic mass is 32.1. The highest BCUT2D eigenvalue weighted by Crippen LogP contribution is 2.39. The van der Waals surface area contributed by atoms with Crippen LogP contribution >= 0.6 is 11.3 Å². The van der Waals surface area contributed by atoms with Gasteiger partial charge in [-0.05, 0) is 37.5 Å². The van der Waals surface area contributed by atoms with Crippen LogP contribution in [0.3, 0.4) is 0 Å². The second-order valence-electron chi connectivity index (χ2n) is 4.48. The third-order valence-corrected chi connectivity index (χ3v) is 4.30. The minimum atomic E-state index is -0.775. The predicted octanol–water partition coefficient (Wildman–Crippen LogP) is 2.63. The standard InChI is InChI=1S/C13H12N2O2S/c1-7-4-5-14-9(6-7)12-15-11-8(13(16)17)2-3-10(11)18-12/h4-6,8H,2-3H2,1H3,(H,16,17). The number of hydrogen-bond donors (Lipinski definition) is 1. The monoisotopic (exact) mass is 260 g/mol. The zero-order valence-electron chi connectivity index (χ0n) is 9.88. The van der Waals surface area contributed by atoms with Gasteiger partial charge in [-0.2, -0.15) is 0 Å². The van der Waals surface area contributed by atoms with Crippen LogP contribution in [0.1, 0.15) is 28.5 Å². The summed E-state index contributed by atoms with van der Waals surface area (Å²) in [7, 11) is 0. The molecule has 1 aliphatic carbocycles. The van der Waals surface area contributed by atoms with Crippen LogP contribution in [0.15, 0.2) is 18.3 Å². The molecule has 0 aliphatic heterocycles. The van der Waals surface area contributed by atoms with E-state index in [1.807, 2.05) is 19.1 Å². The van der Waals surface area contributed by atoms with Crippen LogP contribution in [0.25, 0.3) is 10.7 Å². The summed E-state index contributed by atoms with van der Waals surface area (Å²) >= 11 is 1.57. The molecule has 3 rings (SSSR count). The third kappa shape index (κ3) is 1.80. The van der Waals surface area contributed by atoms with E-state index in [1.54, 1.807) is 17.5 Å². The SMILES string of the molecule is Cc1ccnc(-c2nc3c(s2)CCC3C(=O)O)c1. The maximum absolute atomic E-state index is 11.1. The molecule has 1 unspecified atom stereocenters. The average Bonchev–Trinajstić information content (AvgIpc) is 2.87. The first-order chi connectivity index (χ1) is 8.65. The summed E-state index contributed by atoms with van der Waals surface area (Å²) in [6, 6.07) is 3.91. The topological polar surface area (TPSA) is 63.1 Å². The van der Waals surface area contributed by atoms with Crippen LogP contribution in [0.4, 0.5) is 0 Å². The van der Waals surface area contributed by atoms with Gasteiger partial charge in [-0.25, -0.2) is 4.98 Å². The molecule has 2 aromatic heterocycles. The van der Waals surface area contributed by atoms with Crippen LogP contribution in [0, 0.1) is 6.92 Å². The first kappa shape index (κ1) is 11.3. The van der Waals surface area contributed by atoms with Gasteiger partial charge in [-0.1, -0.05) is 0 Å². The van der Waals surface area contributed by atoms with Crippen LogP contribution in [-0.2, 0) is 11.2 Å². The molecule has 0 radical (unpaired) electrons. The van der Waals surface area contributed by atoms with E-state index in [1.165, 1.54) is 0 Å². The maximum atomic E-state index is 11.1. The van der Waals surface area contributed by atoms with Gasteiger partial charge >= 0.3 is 5.97 Å². The smallest absolute Gasteiger partial charge is 0.312 e. The molecule has 0 spiro atoms. The maximum Gasteiger partial charge on any atom is 0.312 e. The number of hydrogen-bond acceptors (Lipinski definition) is 4. The van der Waals surface area contributed by atoms with E-state index in [0.29, 0.717) is 6.42 Å². The molecule has 0 saturated carbocycles. The third-order valence-electron chi connectivity index (χ3n) is 3.15. The first-order valence-corrected chi connectivity index (χ1v) is 6.62. The number of rotatable bonds is 2. The number of carboxylic acids is 1. The van der Waals surface area contributed by atoms with E-state index < -0.39 is 11.9 Å². The van der Waals surface area contributed by atoms with Crippen molar-refractivity contribution in [3.8, 4) is 10.7 Å². The van der Waals surface area contributed by atoms with Crippen molar-refractivity contribution < 1.29 is 9.90 Å². The van der Waals surface area contributed by atoms with E-state index in [4.69, 9.17) is 5.11 Å². The molecule has 0 saturated heterocycles. The van der Waals surface area contributed by atoms with Crippen molar-refractivity contribution in [3.05, 3.63) is 34.5 Å². The Kier molecular flexibility index (Phi) is 2.63. The van der Waals surface area contributed by atoms with Crippen molar-refractivity contribution in [3.63, 3.8) is 0 Å². The van der Waals surface area contributed by atoms with Gasteiger partial charge in [-0.3, -0.25) is 9.78 Å². The summed E-state index contributed by atoms with van der Waals surface area (Å²) in [5.74, 6) is -1.21. The number of aliphatic carboxylic acids is 1. The average molecular weight is 260 g/mol. The fraction of sp³-hybridized carbons (Fsp3) is 0.308. The molecular formula is C13H12N2O2S. The van der Waals surface area contributed by atoms with Crippen molar-refractivity contribution in [2.75, 3.05) is 0 Å². The molecular weight excluding hydrogens is 248 g/mol. The van der Waals surface area contributed by atoms with Gasteiger partial charge in [0.2, 0.25) is 0 Å². The van der Waals surface area contributed by atoms with Gasteiger partial charge in [0.15, 0.2) is 0 Å². The lowest BCUT2D eigenvalue weighted by Gasteiger charge is -2.01. The number of carbonyl (C=O) groups is 1. The van der Waals surface area contributed by atoms with Crippen molar-refractivity contribution in [1.29, 1.82) is 0 Å². The molecule has 5 heteroatoms. The van der Waals surface area contributed by atoms with Gasteiger partial charge in [-0.15, -0.1) is 11.3 Å². The molecule has 2 heterocycles. The Morgan fingerprint density at radius 1 is 1.56 bits per heavy atom. The van der Waals surface area contributed by atoms with Crippen molar-refractivity contribution in [2.45, 2.75) is 25.7 Å². The molecule has 18 heavy (non-hydrogen) atoms. The van der Waals surface area contributed by atoms with E-state index in [-0.39, 0.29) is 0 Å². The normalized spacial score (nSPS) is 17.7. The Bertz CT molecular complexity index is 621. The number of aromatic nitrogens is 2. The van der Waals surface area contributed by atoms with E-state index >= 15 is 0 Å². The van der Waals surface area contributed by atoms with Crippen LogP contribution < -0.4 is 0 Å². The minimum Gasteiger partial charge on any atom is -0.481 e. The lowest BCUT2D eigenvalue weighted by atomic mass is 10.1. The Labute approximate surface area is 108 Å². The van der Waals surface area contributed by atoms with Crippen molar-refractivity contribution >= 4 is 17.3 Å². The molecule has 0 fully saturated rings. The second-order valence-corrected chi connectivity index (χ2v) is 5.56. The Balaban J connectivity index is 2.02. The van der Waals surface area contributed by atoms with Crippen molar-refractivity contribution in [1.82, 2.24) is 9.97 Å². The second kappa shape index (κ2) is 4.17. The summed E-state index contributed by atoms with van der Waals surface area (Å²) in [6.45, 7) is 2.01. The van der Waals surface area contributed by atoms with Gasteiger partial charge in [0.05, 0.1) is 11.4 Å². The lowest BCUT2D eigenvalue weighted by molar-refractivity contribution is -0.138. The van der Waals surface area contributed by atoms with Gasteiger partial charge in [0.1, 0.15) is 10.9 Å². The van der Waals surface area contributed by atoms with Crippen LogP contribution in [0.2, 0.25) is 0 Å².